The summed E-state index contributed by atoms with van der Waals surface area (Å²) in [6.45, 7) is 4.41. The number of halogens is 2. The van der Waals surface area contributed by atoms with Crippen LogP contribution in [0.4, 0.5) is 5.69 Å². The molecular formula is C21H33Cl2N3O. The Morgan fingerprint density at radius 3 is 2.52 bits per heavy atom. The summed E-state index contributed by atoms with van der Waals surface area (Å²) < 4.78 is 0. The highest BCUT2D eigenvalue weighted by Crippen LogP contribution is 2.33. The van der Waals surface area contributed by atoms with Crippen LogP contribution in [0.2, 0.25) is 0 Å². The number of carbonyl (C=O) groups excluding carboxylic acids is 1. The molecule has 1 aromatic carbocycles. The number of nitrogens with zero attached hydrogens (tertiary/aromatic N) is 1. The van der Waals surface area contributed by atoms with Crippen molar-refractivity contribution in [1.29, 1.82) is 0 Å². The summed E-state index contributed by atoms with van der Waals surface area (Å²) in [6.07, 6.45) is 8.19. The number of fused-ring (bicyclic) bond motifs is 2. The van der Waals surface area contributed by atoms with Gasteiger partial charge in [0.15, 0.2) is 0 Å². The molecule has 4 nitrogen and oxygen atoms in total. The normalized spacial score (nSPS) is 27.4. The minimum Gasteiger partial charge on any atom is -0.372 e. The number of carbonyl (C=O) groups is 1. The molecule has 152 valence electrons. The predicted molar refractivity (Wildman–Crippen MR) is 116 cm³/mol. The van der Waals surface area contributed by atoms with Gasteiger partial charge in [-0.05, 0) is 69.1 Å². The number of hydrogen-bond donors (Lipinski definition) is 2. The van der Waals surface area contributed by atoms with Crippen LogP contribution in [-0.4, -0.2) is 31.1 Å². The number of piperidine rings is 1. The standard InChI is InChI=1S/C21H31N3O.2ClH/c1-15(17-5-4-6-20(14-17)24-9-2-3-10-24)22-21(25)13-16-11-18-7-8-19(12-16)23-18;;/h4-6,14-16,18-19,23H,2-3,7-13H2,1H3,(H,22,25);2*1H. The number of hydrogen-bond acceptors (Lipinski definition) is 3. The molecule has 2 N–H and O–H groups in total. The molecule has 1 aromatic rings. The van der Waals surface area contributed by atoms with Gasteiger partial charge in [-0.1, -0.05) is 12.1 Å². The average molecular weight is 414 g/mol. The molecular weight excluding hydrogens is 381 g/mol. The zero-order valence-electron chi connectivity index (χ0n) is 16.2. The van der Waals surface area contributed by atoms with Crippen LogP contribution in [0.5, 0.6) is 0 Å². The second kappa shape index (κ2) is 9.99. The molecule has 3 aliphatic rings. The van der Waals surface area contributed by atoms with Gasteiger partial charge in [0.2, 0.25) is 5.91 Å². The molecule has 3 aliphatic heterocycles. The van der Waals surface area contributed by atoms with Crippen molar-refractivity contribution in [2.45, 2.75) is 70.0 Å². The van der Waals surface area contributed by atoms with Gasteiger partial charge in [0.1, 0.15) is 0 Å². The van der Waals surface area contributed by atoms with Gasteiger partial charge in [-0.2, -0.15) is 0 Å². The minimum atomic E-state index is 0. The predicted octanol–water partition coefficient (Wildman–Crippen LogP) is 4.23. The summed E-state index contributed by atoms with van der Waals surface area (Å²) in [4.78, 5) is 15.0. The Morgan fingerprint density at radius 2 is 1.85 bits per heavy atom. The first-order valence-electron chi connectivity index (χ1n) is 10.1. The van der Waals surface area contributed by atoms with E-state index in [-0.39, 0.29) is 36.8 Å². The Hall–Kier alpha value is -0.970. The second-order valence-electron chi connectivity index (χ2n) is 8.26. The molecule has 0 aliphatic carbocycles. The largest absolute Gasteiger partial charge is 0.372 e. The van der Waals surface area contributed by atoms with Crippen molar-refractivity contribution in [1.82, 2.24) is 10.6 Å². The van der Waals surface area contributed by atoms with Crippen molar-refractivity contribution < 1.29 is 4.79 Å². The smallest absolute Gasteiger partial charge is 0.220 e. The molecule has 3 heterocycles. The number of amides is 1. The van der Waals surface area contributed by atoms with E-state index in [0.29, 0.717) is 24.4 Å². The van der Waals surface area contributed by atoms with E-state index < -0.39 is 0 Å². The molecule has 4 rings (SSSR count). The van der Waals surface area contributed by atoms with E-state index in [9.17, 15) is 4.79 Å². The number of benzene rings is 1. The molecule has 0 saturated carbocycles. The van der Waals surface area contributed by atoms with E-state index in [1.54, 1.807) is 0 Å². The van der Waals surface area contributed by atoms with E-state index in [0.717, 1.165) is 13.1 Å². The number of nitrogens with one attached hydrogen (secondary N) is 2. The third kappa shape index (κ3) is 5.52. The van der Waals surface area contributed by atoms with Crippen molar-refractivity contribution in [3.05, 3.63) is 29.8 Å². The van der Waals surface area contributed by atoms with Crippen LogP contribution in [0.15, 0.2) is 24.3 Å². The van der Waals surface area contributed by atoms with Crippen molar-refractivity contribution in [2.75, 3.05) is 18.0 Å². The molecule has 3 atom stereocenters. The fraction of sp³-hybridized carbons (Fsp3) is 0.667. The topological polar surface area (TPSA) is 44.4 Å². The maximum atomic E-state index is 12.5. The zero-order chi connectivity index (χ0) is 17.2. The van der Waals surface area contributed by atoms with Gasteiger partial charge in [-0.15, -0.1) is 24.8 Å². The van der Waals surface area contributed by atoms with E-state index in [1.807, 2.05) is 0 Å². The molecule has 3 fully saturated rings. The van der Waals surface area contributed by atoms with Crippen LogP contribution < -0.4 is 15.5 Å². The Morgan fingerprint density at radius 1 is 1.19 bits per heavy atom. The van der Waals surface area contributed by atoms with Crippen LogP contribution in [0.25, 0.3) is 0 Å². The Balaban J connectivity index is 0.00000131. The van der Waals surface area contributed by atoms with E-state index >= 15 is 0 Å². The maximum Gasteiger partial charge on any atom is 0.220 e. The van der Waals surface area contributed by atoms with Gasteiger partial charge < -0.3 is 15.5 Å². The molecule has 3 unspecified atom stereocenters. The van der Waals surface area contributed by atoms with Gasteiger partial charge in [0.05, 0.1) is 6.04 Å². The highest BCUT2D eigenvalue weighted by molar-refractivity contribution is 5.85. The number of rotatable bonds is 5. The van der Waals surface area contributed by atoms with Crippen LogP contribution in [-0.2, 0) is 4.79 Å². The summed E-state index contributed by atoms with van der Waals surface area (Å²) in [7, 11) is 0. The van der Waals surface area contributed by atoms with Gasteiger partial charge >= 0.3 is 0 Å². The van der Waals surface area contributed by atoms with Crippen LogP contribution in [0.3, 0.4) is 0 Å². The number of anilines is 1. The first-order valence-corrected chi connectivity index (χ1v) is 10.1. The lowest BCUT2D eigenvalue weighted by atomic mass is 9.89. The lowest BCUT2D eigenvalue weighted by Crippen LogP contribution is -2.40. The molecule has 1 amide bonds. The van der Waals surface area contributed by atoms with E-state index in [4.69, 9.17) is 0 Å². The molecule has 0 radical (unpaired) electrons. The van der Waals surface area contributed by atoms with Crippen LogP contribution in [0.1, 0.15) is 63.5 Å². The van der Waals surface area contributed by atoms with Crippen molar-refractivity contribution in [3.8, 4) is 0 Å². The summed E-state index contributed by atoms with van der Waals surface area (Å²) in [6, 6.07) is 10.1. The Labute approximate surface area is 175 Å². The van der Waals surface area contributed by atoms with E-state index in [1.165, 1.54) is 49.8 Å². The van der Waals surface area contributed by atoms with Crippen molar-refractivity contribution in [3.63, 3.8) is 0 Å². The van der Waals surface area contributed by atoms with Crippen molar-refractivity contribution >= 4 is 36.4 Å². The third-order valence-electron chi connectivity index (χ3n) is 6.26. The lowest BCUT2D eigenvalue weighted by molar-refractivity contribution is -0.122. The fourth-order valence-electron chi connectivity index (χ4n) is 4.95. The fourth-order valence-corrected chi connectivity index (χ4v) is 4.95. The average Bonchev–Trinajstić information content (AvgIpc) is 3.25. The van der Waals surface area contributed by atoms with Crippen molar-refractivity contribution in [2.24, 2.45) is 5.92 Å². The Kier molecular flexibility index (Phi) is 8.26. The Bertz CT molecular complexity index is 609. The monoisotopic (exact) mass is 413 g/mol. The first kappa shape index (κ1) is 22.3. The summed E-state index contributed by atoms with van der Waals surface area (Å²) in [5, 5.41) is 6.89. The lowest BCUT2D eigenvalue weighted by Gasteiger charge is -2.29. The zero-order valence-corrected chi connectivity index (χ0v) is 17.8. The maximum absolute atomic E-state index is 12.5. The van der Waals surface area contributed by atoms with Gasteiger partial charge in [0, 0.05) is 37.3 Å². The molecule has 0 aromatic heterocycles. The minimum absolute atomic E-state index is 0. The SMILES string of the molecule is CC(NC(=O)CC1CC2CCC(C1)N2)c1cccc(N2CCCC2)c1.Cl.Cl. The molecule has 6 heteroatoms. The second-order valence-corrected chi connectivity index (χ2v) is 8.26. The highest BCUT2D eigenvalue weighted by atomic mass is 35.5. The first-order chi connectivity index (χ1) is 12.2. The van der Waals surface area contributed by atoms with Gasteiger partial charge in [-0.25, -0.2) is 0 Å². The molecule has 27 heavy (non-hydrogen) atoms. The highest BCUT2D eigenvalue weighted by Gasteiger charge is 2.34. The van der Waals surface area contributed by atoms with Crippen LogP contribution >= 0.6 is 24.8 Å². The quantitative estimate of drug-likeness (QED) is 0.758. The van der Waals surface area contributed by atoms with Gasteiger partial charge in [-0.3, -0.25) is 4.79 Å². The summed E-state index contributed by atoms with van der Waals surface area (Å²) in [5.74, 6) is 0.771. The summed E-state index contributed by atoms with van der Waals surface area (Å²) >= 11 is 0. The molecule has 2 bridgehead atoms. The van der Waals surface area contributed by atoms with Gasteiger partial charge in [0.25, 0.3) is 0 Å². The van der Waals surface area contributed by atoms with E-state index in [2.05, 4.69) is 46.7 Å². The molecule has 0 spiro atoms. The third-order valence-corrected chi connectivity index (χ3v) is 6.26. The summed E-state index contributed by atoms with van der Waals surface area (Å²) in [5.41, 5.74) is 2.51. The molecule has 3 saturated heterocycles. The van der Waals surface area contributed by atoms with Crippen LogP contribution in [0, 0.1) is 5.92 Å².